The van der Waals surface area contributed by atoms with E-state index in [0.717, 1.165) is 5.69 Å². The van der Waals surface area contributed by atoms with E-state index in [-0.39, 0.29) is 23.9 Å². The highest BCUT2D eigenvalue weighted by atomic mass is 32.1. The van der Waals surface area contributed by atoms with Gasteiger partial charge in [-0.2, -0.15) is 10.4 Å². The average Bonchev–Trinajstić information content (AvgIpc) is 3.31. The number of benzene rings is 1. The first-order chi connectivity index (χ1) is 13.4. The number of carbonyl (C=O) groups excluding carboxylic acids is 1. The Hall–Kier alpha value is -2.95. The van der Waals surface area contributed by atoms with Crippen LogP contribution in [0.4, 0.5) is 5.82 Å². The van der Waals surface area contributed by atoms with Crippen LogP contribution in [0.5, 0.6) is 0 Å². The monoisotopic (exact) mass is 393 g/mol. The first kappa shape index (κ1) is 19.8. The fourth-order valence-corrected chi connectivity index (χ4v) is 4.02. The number of nitrogens with zero attached hydrogens (tertiary/aromatic N) is 3. The number of rotatable bonds is 6. The summed E-state index contributed by atoms with van der Waals surface area (Å²) < 4.78 is 1.57. The zero-order chi connectivity index (χ0) is 20.1. The van der Waals surface area contributed by atoms with E-state index in [1.165, 1.54) is 11.1 Å². The number of hydrogen-bond donors (Lipinski definition) is 2. The Bertz CT molecular complexity index is 965. The summed E-state index contributed by atoms with van der Waals surface area (Å²) in [6.45, 7) is 6.55. The van der Waals surface area contributed by atoms with E-state index < -0.39 is 0 Å². The van der Waals surface area contributed by atoms with E-state index in [1.54, 1.807) is 16.0 Å². The number of nitrogens with one attached hydrogen (secondary N) is 2. The lowest BCUT2D eigenvalue weighted by Crippen LogP contribution is -2.37. The van der Waals surface area contributed by atoms with Gasteiger partial charge in [0.05, 0.1) is 18.4 Å². The summed E-state index contributed by atoms with van der Waals surface area (Å²) in [4.78, 5) is 13.8. The van der Waals surface area contributed by atoms with Crippen molar-refractivity contribution in [2.75, 3.05) is 11.9 Å². The maximum atomic E-state index is 12.6. The van der Waals surface area contributed by atoms with Crippen LogP contribution < -0.4 is 10.6 Å². The first-order valence-electron chi connectivity index (χ1n) is 9.00. The molecule has 0 aliphatic heterocycles. The van der Waals surface area contributed by atoms with Crippen molar-refractivity contribution in [1.29, 1.82) is 5.26 Å². The van der Waals surface area contributed by atoms with Crippen molar-refractivity contribution >= 4 is 23.1 Å². The maximum absolute atomic E-state index is 12.6. The van der Waals surface area contributed by atoms with Crippen LogP contribution in [0.1, 0.15) is 37.3 Å². The molecule has 1 unspecified atom stereocenters. The number of amides is 1. The van der Waals surface area contributed by atoms with Gasteiger partial charge >= 0.3 is 0 Å². The van der Waals surface area contributed by atoms with E-state index in [4.69, 9.17) is 0 Å². The van der Waals surface area contributed by atoms with Crippen molar-refractivity contribution in [2.24, 2.45) is 5.41 Å². The zero-order valence-electron chi connectivity index (χ0n) is 16.1. The minimum atomic E-state index is -0.222. The van der Waals surface area contributed by atoms with Crippen molar-refractivity contribution in [1.82, 2.24) is 15.1 Å². The topological polar surface area (TPSA) is 82.7 Å². The normalized spacial score (nSPS) is 12.4. The summed E-state index contributed by atoms with van der Waals surface area (Å²) in [7, 11) is 0. The molecule has 2 N–H and O–H groups in total. The van der Waals surface area contributed by atoms with Crippen LogP contribution in [0.15, 0.2) is 54.0 Å². The molecule has 1 amide bonds. The number of thiophene rings is 1. The molecule has 0 saturated carbocycles. The first-order valence-corrected chi connectivity index (χ1v) is 9.88. The number of para-hydroxylation sites is 1. The highest BCUT2D eigenvalue weighted by molar-refractivity contribution is 7.10. The lowest BCUT2D eigenvalue weighted by Gasteiger charge is -2.30. The Kier molecular flexibility index (Phi) is 5.93. The molecular weight excluding hydrogens is 370 g/mol. The molecule has 2 aromatic heterocycles. The van der Waals surface area contributed by atoms with Gasteiger partial charge in [-0.1, -0.05) is 45.0 Å². The van der Waals surface area contributed by atoms with Gasteiger partial charge in [-0.3, -0.25) is 4.79 Å². The second-order valence-corrected chi connectivity index (χ2v) is 8.49. The molecule has 28 heavy (non-hydrogen) atoms. The molecule has 0 fully saturated rings. The van der Waals surface area contributed by atoms with Crippen LogP contribution in [0, 0.1) is 16.7 Å². The molecule has 3 rings (SSSR count). The summed E-state index contributed by atoms with van der Waals surface area (Å²) in [6, 6.07) is 15.6. The van der Waals surface area contributed by atoms with Gasteiger partial charge in [0.25, 0.3) is 0 Å². The van der Waals surface area contributed by atoms with Gasteiger partial charge in [0, 0.05) is 10.9 Å². The van der Waals surface area contributed by atoms with Crippen molar-refractivity contribution < 1.29 is 4.79 Å². The molecule has 2 heterocycles. The van der Waals surface area contributed by atoms with Crippen LogP contribution >= 0.6 is 11.3 Å². The summed E-state index contributed by atoms with van der Waals surface area (Å²) >= 11 is 1.67. The third-order valence-corrected chi connectivity index (χ3v) is 5.25. The standard InChI is InChI=1S/C21H23N5OS/c1-21(2,3)19(17-10-7-11-28-17)23-14-18(27)25-20-15(12-22)13-24-26(20)16-8-5-4-6-9-16/h4-11,13,19,23H,14H2,1-3H3,(H,25,27). The van der Waals surface area contributed by atoms with Crippen LogP contribution in [-0.2, 0) is 4.79 Å². The van der Waals surface area contributed by atoms with Crippen molar-refractivity contribution in [3.63, 3.8) is 0 Å². The van der Waals surface area contributed by atoms with E-state index in [9.17, 15) is 10.1 Å². The summed E-state index contributed by atoms with van der Waals surface area (Å²) in [6.07, 6.45) is 1.46. The predicted molar refractivity (Wildman–Crippen MR) is 111 cm³/mol. The summed E-state index contributed by atoms with van der Waals surface area (Å²) in [5.74, 6) is 0.156. The molecule has 144 valence electrons. The molecule has 7 heteroatoms. The summed E-state index contributed by atoms with van der Waals surface area (Å²) in [5.41, 5.74) is 1.05. The zero-order valence-corrected chi connectivity index (χ0v) is 17.0. The van der Waals surface area contributed by atoms with Gasteiger partial charge in [0.2, 0.25) is 5.91 Å². The second-order valence-electron chi connectivity index (χ2n) is 7.51. The Labute approximate surface area is 168 Å². The molecule has 0 saturated heterocycles. The van der Waals surface area contributed by atoms with Gasteiger partial charge in [0.15, 0.2) is 5.82 Å². The third kappa shape index (κ3) is 4.47. The Balaban J connectivity index is 1.75. The number of aromatic nitrogens is 2. The number of carbonyl (C=O) groups is 1. The number of anilines is 1. The second kappa shape index (κ2) is 8.38. The maximum Gasteiger partial charge on any atom is 0.239 e. The Morgan fingerprint density at radius 2 is 2.00 bits per heavy atom. The number of nitriles is 1. The minimum Gasteiger partial charge on any atom is -0.308 e. The van der Waals surface area contributed by atoms with Crippen LogP contribution in [0.25, 0.3) is 5.69 Å². The lowest BCUT2D eigenvalue weighted by molar-refractivity contribution is -0.115. The molecule has 0 bridgehead atoms. The molecule has 3 aromatic rings. The third-order valence-electron chi connectivity index (χ3n) is 4.31. The van der Waals surface area contributed by atoms with Crippen molar-refractivity contribution in [3.05, 3.63) is 64.5 Å². The Morgan fingerprint density at radius 3 is 2.61 bits per heavy atom. The van der Waals surface area contributed by atoms with Gasteiger partial charge in [-0.15, -0.1) is 11.3 Å². The van der Waals surface area contributed by atoms with Gasteiger partial charge in [-0.05, 0) is 29.0 Å². The van der Waals surface area contributed by atoms with E-state index in [0.29, 0.717) is 11.4 Å². The largest absolute Gasteiger partial charge is 0.308 e. The summed E-state index contributed by atoms with van der Waals surface area (Å²) in [5, 5.41) is 21.9. The molecule has 0 radical (unpaired) electrons. The molecule has 1 atom stereocenters. The minimum absolute atomic E-state index is 0.0469. The molecular formula is C21H23N5OS. The van der Waals surface area contributed by atoms with E-state index >= 15 is 0 Å². The van der Waals surface area contributed by atoms with E-state index in [2.05, 4.69) is 48.6 Å². The molecule has 0 aliphatic rings. The van der Waals surface area contributed by atoms with Gasteiger partial charge in [0.1, 0.15) is 11.6 Å². The smallest absolute Gasteiger partial charge is 0.239 e. The highest BCUT2D eigenvalue weighted by Crippen LogP contribution is 2.34. The van der Waals surface area contributed by atoms with Crippen LogP contribution in [-0.4, -0.2) is 22.2 Å². The van der Waals surface area contributed by atoms with E-state index in [1.807, 2.05) is 41.8 Å². The predicted octanol–water partition coefficient (Wildman–Crippen LogP) is 4.12. The van der Waals surface area contributed by atoms with Gasteiger partial charge < -0.3 is 10.6 Å². The Morgan fingerprint density at radius 1 is 1.25 bits per heavy atom. The van der Waals surface area contributed by atoms with Crippen molar-refractivity contribution in [2.45, 2.75) is 26.8 Å². The quantitative estimate of drug-likeness (QED) is 0.660. The number of hydrogen-bond acceptors (Lipinski definition) is 5. The van der Waals surface area contributed by atoms with Gasteiger partial charge in [-0.25, -0.2) is 4.68 Å². The molecule has 0 spiro atoms. The average molecular weight is 394 g/mol. The lowest BCUT2D eigenvalue weighted by atomic mass is 9.86. The van der Waals surface area contributed by atoms with Crippen molar-refractivity contribution in [3.8, 4) is 11.8 Å². The molecule has 6 nitrogen and oxygen atoms in total. The fraction of sp³-hybridized carbons (Fsp3) is 0.286. The molecule has 1 aromatic carbocycles. The SMILES string of the molecule is CC(C)(C)C(NCC(=O)Nc1c(C#N)cnn1-c1ccccc1)c1cccs1. The van der Waals surface area contributed by atoms with Crippen LogP contribution in [0.3, 0.4) is 0 Å². The molecule has 0 aliphatic carbocycles. The fourth-order valence-electron chi connectivity index (χ4n) is 2.98. The highest BCUT2D eigenvalue weighted by Gasteiger charge is 2.27. The van der Waals surface area contributed by atoms with Crippen LogP contribution in [0.2, 0.25) is 0 Å².